The lowest BCUT2D eigenvalue weighted by molar-refractivity contribution is 0.0925. The van der Waals surface area contributed by atoms with Crippen molar-refractivity contribution in [2.24, 2.45) is 11.3 Å². The number of hydrogen-bond donors (Lipinski definition) is 1. The highest BCUT2D eigenvalue weighted by Crippen LogP contribution is 2.36. The third-order valence-electron chi connectivity index (χ3n) is 3.30. The molecule has 0 amide bonds. The van der Waals surface area contributed by atoms with Crippen LogP contribution < -0.4 is 5.32 Å². The Labute approximate surface area is 84.3 Å². The standard InChI is InChI=1S/C12H27N/c1-9(2)12(8,11(5,6)7)13-10(3)4/h9-10,13H,1-8H3. The number of rotatable bonds is 3. The molecule has 1 heteroatoms. The summed E-state index contributed by atoms with van der Waals surface area (Å²) in [6, 6.07) is 0.548. The van der Waals surface area contributed by atoms with Crippen LogP contribution in [0.15, 0.2) is 0 Å². The summed E-state index contributed by atoms with van der Waals surface area (Å²) in [5, 5.41) is 3.70. The van der Waals surface area contributed by atoms with E-state index in [4.69, 9.17) is 0 Å². The molecule has 0 aliphatic rings. The first-order chi connectivity index (χ1) is 5.61. The van der Waals surface area contributed by atoms with Crippen LogP contribution in [0.1, 0.15) is 55.4 Å². The predicted octanol–water partition coefficient (Wildman–Crippen LogP) is 3.45. The van der Waals surface area contributed by atoms with Crippen LogP contribution in [0.3, 0.4) is 0 Å². The second kappa shape index (κ2) is 4.00. The zero-order chi connectivity index (χ0) is 10.9. The normalized spacial score (nSPS) is 18.0. The minimum atomic E-state index is 0.209. The highest BCUT2D eigenvalue weighted by Gasteiger charge is 2.40. The molecule has 1 atom stereocenters. The van der Waals surface area contributed by atoms with Gasteiger partial charge in [-0.05, 0) is 18.3 Å². The fourth-order valence-electron chi connectivity index (χ4n) is 1.85. The first-order valence-corrected chi connectivity index (χ1v) is 5.39. The SMILES string of the molecule is CC(C)NC(C)(C(C)C)C(C)(C)C. The summed E-state index contributed by atoms with van der Waals surface area (Å²) in [6.45, 7) is 18.3. The molecule has 80 valence electrons. The van der Waals surface area contributed by atoms with Crippen molar-refractivity contribution in [3.05, 3.63) is 0 Å². The molecular weight excluding hydrogens is 158 g/mol. The van der Waals surface area contributed by atoms with Crippen LogP contribution in [0.25, 0.3) is 0 Å². The van der Waals surface area contributed by atoms with E-state index >= 15 is 0 Å². The molecular formula is C12H27N. The van der Waals surface area contributed by atoms with Gasteiger partial charge in [-0.3, -0.25) is 0 Å². The molecule has 0 bridgehead atoms. The van der Waals surface area contributed by atoms with E-state index in [1.165, 1.54) is 0 Å². The molecule has 0 radical (unpaired) electrons. The van der Waals surface area contributed by atoms with Crippen molar-refractivity contribution in [3.8, 4) is 0 Å². The van der Waals surface area contributed by atoms with E-state index in [1.54, 1.807) is 0 Å². The van der Waals surface area contributed by atoms with E-state index in [1.807, 2.05) is 0 Å². The summed E-state index contributed by atoms with van der Waals surface area (Å²) in [7, 11) is 0. The van der Waals surface area contributed by atoms with Gasteiger partial charge >= 0.3 is 0 Å². The molecule has 0 aliphatic heterocycles. The molecule has 0 heterocycles. The summed E-state index contributed by atoms with van der Waals surface area (Å²) in [6.07, 6.45) is 0. The third kappa shape index (κ3) is 2.98. The van der Waals surface area contributed by atoms with Crippen LogP contribution in [0.4, 0.5) is 0 Å². The third-order valence-corrected chi connectivity index (χ3v) is 3.30. The summed E-state index contributed by atoms with van der Waals surface area (Å²) in [5.41, 5.74) is 0.507. The monoisotopic (exact) mass is 185 g/mol. The van der Waals surface area contributed by atoms with Gasteiger partial charge in [0.2, 0.25) is 0 Å². The second-order valence-electron chi connectivity index (χ2n) is 5.91. The quantitative estimate of drug-likeness (QED) is 0.710. The lowest BCUT2D eigenvalue weighted by atomic mass is 9.68. The second-order valence-corrected chi connectivity index (χ2v) is 5.91. The van der Waals surface area contributed by atoms with Gasteiger partial charge in [-0.25, -0.2) is 0 Å². The van der Waals surface area contributed by atoms with E-state index in [-0.39, 0.29) is 5.54 Å². The van der Waals surface area contributed by atoms with Gasteiger partial charge in [0.25, 0.3) is 0 Å². The Balaban J connectivity index is 4.74. The Kier molecular flexibility index (Phi) is 3.98. The molecule has 0 fully saturated rings. The molecule has 1 N–H and O–H groups in total. The molecule has 1 unspecified atom stereocenters. The van der Waals surface area contributed by atoms with Crippen LogP contribution >= 0.6 is 0 Å². The number of hydrogen-bond acceptors (Lipinski definition) is 1. The predicted molar refractivity (Wildman–Crippen MR) is 61.0 cm³/mol. The molecule has 0 rings (SSSR count). The molecule has 13 heavy (non-hydrogen) atoms. The maximum atomic E-state index is 3.70. The molecule has 0 saturated carbocycles. The highest BCUT2D eigenvalue weighted by molar-refractivity contribution is 4.97. The summed E-state index contributed by atoms with van der Waals surface area (Å²) in [5.74, 6) is 0.648. The Morgan fingerprint density at radius 2 is 1.23 bits per heavy atom. The molecule has 0 spiro atoms. The average Bonchev–Trinajstić information content (AvgIpc) is 1.82. The molecule has 1 nitrogen and oxygen atoms in total. The zero-order valence-electron chi connectivity index (χ0n) is 10.7. The van der Waals surface area contributed by atoms with Gasteiger partial charge in [-0.2, -0.15) is 0 Å². The van der Waals surface area contributed by atoms with Gasteiger partial charge in [-0.1, -0.05) is 48.5 Å². The lowest BCUT2D eigenvalue weighted by Crippen LogP contribution is -2.58. The van der Waals surface area contributed by atoms with Crippen molar-refractivity contribution in [3.63, 3.8) is 0 Å². The Bertz CT molecular complexity index is 153. The summed E-state index contributed by atoms with van der Waals surface area (Å²) < 4.78 is 0. The summed E-state index contributed by atoms with van der Waals surface area (Å²) in [4.78, 5) is 0. The van der Waals surface area contributed by atoms with Crippen molar-refractivity contribution in [2.45, 2.75) is 67.0 Å². The van der Waals surface area contributed by atoms with Crippen molar-refractivity contribution in [2.75, 3.05) is 0 Å². The van der Waals surface area contributed by atoms with E-state index in [0.717, 1.165) is 0 Å². The van der Waals surface area contributed by atoms with Crippen LogP contribution in [-0.4, -0.2) is 11.6 Å². The Morgan fingerprint density at radius 3 is 1.31 bits per heavy atom. The molecule has 0 aromatic rings. The fraction of sp³-hybridized carbons (Fsp3) is 1.00. The average molecular weight is 185 g/mol. The molecule has 0 aromatic carbocycles. The van der Waals surface area contributed by atoms with Crippen LogP contribution in [-0.2, 0) is 0 Å². The van der Waals surface area contributed by atoms with Crippen molar-refractivity contribution in [1.82, 2.24) is 5.32 Å². The van der Waals surface area contributed by atoms with Crippen molar-refractivity contribution < 1.29 is 0 Å². The van der Waals surface area contributed by atoms with Crippen LogP contribution in [0, 0.1) is 11.3 Å². The maximum Gasteiger partial charge on any atom is 0.0226 e. The van der Waals surface area contributed by atoms with Gasteiger partial charge in [0.1, 0.15) is 0 Å². The van der Waals surface area contributed by atoms with E-state index < -0.39 is 0 Å². The fourth-order valence-corrected chi connectivity index (χ4v) is 1.85. The van der Waals surface area contributed by atoms with Crippen molar-refractivity contribution in [1.29, 1.82) is 0 Å². The van der Waals surface area contributed by atoms with Gasteiger partial charge in [0.15, 0.2) is 0 Å². The first-order valence-electron chi connectivity index (χ1n) is 5.39. The van der Waals surface area contributed by atoms with Gasteiger partial charge in [0.05, 0.1) is 0 Å². The van der Waals surface area contributed by atoms with Gasteiger partial charge in [-0.15, -0.1) is 0 Å². The summed E-state index contributed by atoms with van der Waals surface area (Å²) >= 11 is 0. The topological polar surface area (TPSA) is 12.0 Å². The van der Waals surface area contributed by atoms with E-state index in [0.29, 0.717) is 17.4 Å². The Hall–Kier alpha value is -0.0400. The highest BCUT2D eigenvalue weighted by atomic mass is 15.0. The smallest absolute Gasteiger partial charge is 0.0226 e. The maximum absolute atomic E-state index is 3.70. The molecule has 0 aliphatic carbocycles. The minimum absolute atomic E-state index is 0.209. The van der Waals surface area contributed by atoms with Crippen LogP contribution in [0.2, 0.25) is 0 Å². The van der Waals surface area contributed by atoms with E-state index in [9.17, 15) is 0 Å². The minimum Gasteiger partial charge on any atom is -0.309 e. The van der Waals surface area contributed by atoms with E-state index in [2.05, 4.69) is 60.7 Å². The lowest BCUT2D eigenvalue weighted by Gasteiger charge is -2.47. The largest absolute Gasteiger partial charge is 0.309 e. The van der Waals surface area contributed by atoms with Gasteiger partial charge in [0, 0.05) is 11.6 Å². The Morgan fingerprint density at radius 1 is 0.846 bits per heavy atom. The van der Waals surface area contributed by atoms with Gasteiger partial charge < -0.3 is 5.32 Å². The van der Waals surface area contributed by atoms with Crippen molar-refractivity contribution >= 4 is 0 Å². The van der Waals surface area contributed by atoms with Crippen LogP contribution in [0.5, 0.6) is 0 Å². The zero-order valence-corrected chi connectivity index (χ0v) is 10.7. The molecule has 0 saturated heterocycles. The first kappa shape index (κ1) is 13.0. The number of nitrogens with one attached hydrogen (secondary N) is 1. The molecule has 0 aromatic heterocycles.